The van der Waals surface area contributed by atoms with Crippen LogP contribution < -0.4 is 0 Å². The third kappa shape index (κ3) is 3.62. The molecule has 4 heterocycles. The fraction of sp³-hybridized carbons (Fsp3) is 0.125. The van der Waals surface area contributed by atoms with Gasteiger partial charge in [-0.2, -0.15) is 5.26 Å². The van der Waals surface area contributed by atoms with E-state index < -0.39 is 0 Å². The normalized spacial score (nSPS) is 11.1. The summed E-state index contributed by atoms with van der Waals surface area (Å²) in [5.41, 5.74) is 4.77. The monoisotopic (exact) mass is 425 g/mol. The van der Waals surface area contributed by atoms with Gasteiger partial charge in [-0.05, 0) is 42.3 Å². The predicted molar refractivity (Wildman–Crippen MR) is 120 cm³/mol. The summed E-state index contributed by atoms with van der Waals surface area (Å²) in [4.78, 5) is 0. The Balaban J connectivity index is 1.51. The number of thioether (sulfide) groups is 1. The van der Waals surface area contributed by atoms with Crippen LogP contribution in [0.3, 0.4) is 0 Å². The molecule has 5 aromatic rings. The van der Waals surface area contributed by atoms with Gasteiger partial charge in [0.05, 0.1) is 23.9 Å². The number of pyridine rings is 1. The van der Waals surface area contributed by atoms with E-state index >= 15 is 0 Å². The van der Waals surface area contributed by atoms with Gasteiger partial charge in [-0.25, -0.2) is 0 Å². The fourth-order valence-corrected chi connectivity index (χ4v) is 4.59. The lowest BCUT2D eigenvalue weighted by Crippen LogP contribution is -2.04. The molecule has 0 saturated heterocycles. The predicted octanol–water partition coefficient (Wildman–Crippen LogP) is 5.31. The molecule has 0 atom stereocenters. The Morgan fingerprint density at radius 2 is 1.94 bits per heavy atom. The van der Waals surface area contributed by atoms with Crippen molar-refractivity contribution in [2.45, 2.75) is 24.4 Å². The molecular weight excluding hydrogens is 406 g/mol. The van der Waals surface area contributed by atoms with Crippen molar-refractivity contribution in [3.05, 3.63) is 95.7 Å². The number of hydrogen-bond donors (Lipinski definition) is 0. The number of fused-ring (bicyclic) bond motifs is 1. The van der Waals surface area contributed by atoms with Gasteiger partial charge in [0.2, 0.25) is 0 Å². The second-order valence-corrected chi connectivity index (χ2v) is 8.15. The van der Waals surface area contributed by atoms with Crippen LogP contribution in [-0.2, 0) is 12.3 Å². The Kier molecular flexibility index (Phi) is 5.06. The quantitative estimate of drug-likeness (QED) is 0.345. The van der Waals surface area contributed by atoms with E-state index in [1.165, 1.54) is 0 Å². The Morgan fingerprint density at radius 1 is 1.06 bits per heavy atom. The van der Waals surface area contributed by atoms with E-state index in [9.17, 15) is 5.26 Å². The average molecular weight is 426 g/mol. The van der Waals surface area contributed by atoms with Gasteiger partial charge in [-0.1, -0.05) is 42.1 Å². The van der Waals surface area contributed by atoms with Crippen LogP contribution in [0.15, 0.2) is 82.8 Å². The molecule has 0 aliphatic heterocycles. The molecular formula is C24H19N5OS. The van der Waals surface area contributed by atoms with Crippen LogP contribution in [0.25, 0.3) is 16.9 Å². The molecule has 0 unspecified atom stereocenters. The summed E-state index contributed by atoms with van der Waals surface area (Å²) in [6.45, 7) is 2.61. The van der Waals surface area contributed by atoms with Crippen LogP contribution in [0, 0.1) is 18.3 Å². The minimum absolute atomic E-state index is 0.537. The van der Waals surface area contributed by atoms with Gasteiger partial charge in [-0.3, -0.25) is 4.57 Å². The topological polar surface area (TPSA) is 72.1 Å². The Morgan fingerprint density at radius 3 is 2.74 bits per heavy atom. The molecule has 4 aromatic heterocycles. The Labute approximate surface area is 183 Å². The van der Waals surface area contributed by atoms with Crippen molar-refractivity contribution in [2.24, 2.45) is 0 Å². The zero-order valence-electron chi connectivity index (χ0n) is 16.9. The molecule has 6 nitrogen and oxygen atoms in total. The molecule has 5 rings (SSSR count). The van der Waals surface area contributed by atoms with Crippen molar-refractivity contribution in [1.29, 1.82) is 5.26 Å². The van der Waals surface area contributed by atoms with Crippen LogP contribution in [0.4, 0.5) is 0 Å². The van der Waals surface area contributed by atoms with Crippen LogP contribution in [-0.4, -0.2) is 19.2 Å². The van der Waals surface area contributed by atoms with E-state index in [-0.39, 0.29) is 0 Å². The van der Waals surface area contributed by atoms with Crippen LogP contribution in [0.1, 0.15) is 22.5 Å². The number of nitrogens with zero attached hydrogens (tertiary/aromatic N) is 5. The number of nitriles is 1. The highest BCUT2D eigenvalue weighted by atomic mass is 32.2. The molecule has 0 spiro atoms. The third-order valence-electron chi connectivity index (χ3n) is 5.23. The summed E-state index contributed by atoms with van der Waals surface area (Å²) in [5.74, 6) is 2.26. The van der Waals surface area contributed by atoms with Gasteiger partial charge < -0.3 is 8.82 Å². The van der Waals surface area contributed by atoms with Crippen molar-refractivity contribution in [1.82, 2.24) is 19.2 Å². The minimum Gasteiger partial charge on any atom is -0.467 e. The molecule has 0 aliphatic rings. The number of aryl methyl sites for hydroxylation is 1. The van der Waals surface area contributed by atoms with Gasteiger partial charge in [0, 0.05) is 23.7 Å². The molecule has 0 radical (unpaired) electrons. The summed E-state index contributed by atoms with van der Waals surface area (Å²) in [5, 5.41) is 19.5. The van der Waals surface area contributed by atoms with E-state index in [1.54, 1.807) is 18.0 Å². The smallest absolute Gasteiger partial charge is 0.192 e. The molecule has 0 N–H and O–H groups in total. The highest BCUT2D eigenvalue weighted by Crippen LogP contribution is 2.30. The Bertz CT molecular complexity index is 1390. The molecule has 0 bridgehead atoms. The zero-order valence-corrected chi connectivity index (χ0v) is 17.7. The average Bonchev–Trinajstić information content (AvgIpc) is 3.52. The SMILES string of the molecule is Cc1ccccc1-c1nnc(SCc2cn3ccccc3c2C#N)n1Cc1ccco1. The molecule has 0 fully saturated rings. The van der Waals surface area contributed by atoms with Gasteiger partial charge in [0.15, 0.2) is 11.0 Å². The highest BCUT2D eigenvalue weighted by Gasteiger charge is 2.18. The molecule has 1 aromatic carbocycles. The van der Waals surface area contributed by atoms with Gasteiger partial charge in [-0.15, -0.1) is 10.2 Å². The molecule has 152 valence electrons. The van der Waals surface area contributed by atoms with E-state index in [0.29, 0.717) is 17.9 Å². The number of furan rings is 1. The van der Waals surface area contributed by atoms with Gasteiger partial charge in [0.1, 0.15) is 11.8 Å². The maximum atomic E-state index is 9.69. The Hall–Kier alpha value is -3.76. The standard InChI is InChI=1S/C24H19N5OS/c1-17-7-2-3-9-20(17)23-26-27-24(29(23)15-19-8-6-12-30-19)31-16-18-14-28-11-5-4-10-22(28)21(18)13-25/h2-12,14H,15-16H2,1H3. The second-order valence-electron chi connectivity index (χ2n) is 7.21. The van der Waals surface area contributed by atoms with Gasteiger partial charge in [0.25, 0.3) is 0 Å². The van der Waals surface area contributed by atoms with Crippen LogP contribution in [0.5, 0.6) is 0 Å². The van der Waals surface area contributed by atoms with E-state index in [4.69, 9.17) is 4.42 Å². The van der Waals surface area contributed by atoms with Crippen LogP contribution >= 0.6 is 11.8 Å². The molecule has 0 aliphatic carbocycles. The largest absolute Gasteiger partial charge is 0.467 e. The number of rotatable bonds is 6. The van der Waals surface area contributed by atoms with Crippen molar-refractivity contribution in [3.8, 4) is 17.5 Å². The lowest BCUT2D eigenvalue weighted by Gasteiger charge is -2.10. The first-order chi connectivity index (χ1) is 15.2. The minimum atomic E-state index is 0.537. The molecule has 0 amide bonds. The first-order valence-electron chi connectivity index (χ1n) is 9.87. The van der Waals surface area contributed by atoms with E-state index in [0.717, 1.165) is 38.9 Å². The zero-order chi connectivity index (χ0) is 21.2. The maximum absolute atomic E-state index is 9.69. The summed E-state index contributed by atoms with van der Waals surface area (Å²) in [7, 11) is 0. The second kappa shape index (κ2) is 8.17. The van der Waals surface area contributed by atoms with Crippen molar-refractivity contribution < 1.29 is 4.42 Å². The maximum Gasteiger partial charge on any atom is 0.192 e. The number of benzene rings is 1. The molecule has 0 saturated carbocycles. The van der Waals surface area contributed by atoms with E-state index in [1.807, 2.05) is 59.3 Å². The molecule has 7 heteroatoms. The summed E-state index contributed by atoms with van der Waals surface area (Å²) in [6, 6.07) is 20.2. The first-order valence-corrected chi connectivity index (χ1v) is 10.9. The summed E-state index contributed by atoms with van der Waals surface area (Å²) in [6.07, 6.45) is 5.64. The highest BCUT2D eigenvalue weighted by molar-refractivity contribution is 7.98. The lowest BCUT2D eigenvalue weighted by molar-refractivity contribution is 0.485. The number of aromatic nitrogens is 4. The van der Waals surface area contributed by atoms with Crippen LogP contribution in [0.2, 0.25) is 0 Å². The van der Waals surface area contributed by atoms with Crippen molar-refractivity contribution >= 4 is 17.3 Å². The summed E-state index contributed by atoms with van der Waals surface area (Å²) < 4.78 is 9.65. The first kappa shape index (κ1) is 19.2. The van der Waals surface area contributed by atoms with Gasteiger partial charge >= 0.3 is 0 Å². The van der Waals surface area contributed by atoms with E-state index in [2.05, 4.69) is 39.9 Å². The third-order valence-corrected chi connectivity index (χ3v) is 6.24. The summed E-state index contributed by atoms with van der Waals surface area (Å²) >= 11 is 1.57. The lowest BCUT2D eigenvalue weighted by atomic mass is 10.1. The van der Waals surface area contributed by atoms with Crippen molar-refractivity contribution in [3.63, 3.8) is 0 Å². The van der Waals surface area contributed by atoms with Crippen molar-refractivity contribution in [2.75, 3.05) is 0 Å². The molecule has 31 heavy (non-hydrogen) atoms. The fourth-order valence-electron chi connectivity index (χ4n) is 3.68. The number of hydrogen-bond acceptors (Lipinski definition) is 5.